The van der Waals surface area contributed by atoms with Gasteiger partial charge in [-0.3, -0.25) is 9.59 Å². The van der Waals surface area contributed by atoms with E-state index < -0.39 is 11.8 Å². The van der Waals surface area contributed by atoms with Crippen LogP contribution in [0.3, 0.4) is 0 Å². The van der Waals surface area contributed by atoms with Gasteiger partial charge in [0, 0.05) is 25.1 Å². The Morgan fingerprint density at radius 2 is 2.19 bits per heavy atom. The zero-order chi connectivity index (χ0) is 15.4. The molecular weight excluding hydrogens is 341 g/mol. The van der Waals surface area contributed by atoms with Crippen molar-refractivity contribution in [3.63, 3.8) is 0 Å². The first kappa shape index (κ1) is 15.9. The van der Waals surface area contributed by atoms with Gasteiger partial charge in [0.05, 0.1) is 4.47 Å². The molecular formula is C15H17BrFNO3. The minimum absolute atomic E-state index is 0.129. The summed E-state index contributed by atoms with van der Waals surface area (Å²) in [5.74, 6) is -1.11. The van der Waals surface area contributed by atoms with Crippen LogP contribution in [0.15, 0.2) is 22.7 Å². The number of carbonyl (C=O) groups is 2. The molecule has 4 nitrogen and oxygen atoms in total. The number of piperidine rings is 1. The largest absolute Gasteiger partial charge is 0.481 e. The second-order valence-electron chi connectivity index (χ2n) is 5.32. The monoisotopic (exact) mass is 357 g/mol. The van der Waals surface area contributed by atoms with E-state index >= 15 is 0 Å². The lowest BCUT2D eigenvalue weighted by atomic mass is 9.93. The molecule has 1 amide bonds. The number of rotatable bonds is 4. The third-order valence-corrected chi connectivity index (χ3v) is 4.35. The molecule has 1 aromatic carbocycles. The van der Waals surface area contributed by atoms with Crippen LogP contribution in [0.1, 0.15) is 36.0 Å². The molecule has 0 saturated carbocycles. The number of likely N-dealkylation sites (tertiary alicyclic amines) is 1. The minimum Gasteiger partial charge on any atom is -0.481 e. The molecule has 1 aromatic rings. The SMILES string of the molecule is O=C(O)CCC1CCCN(C(=O)c2ccc(F)c(Br)c2)C1. The predicted molar refractivity (Wildman–Crippen MR) is 79.6 cm³/mol. The average molecular weight is 358 g/mol. The first-order chi connectivity index (χ1) is 9.97. The Bertz CT molecular complexity index is 550. The molecule has 2 rings (SSSR count). The third kappa shape index (κ3) is 4.27. The average Bonchev–Trinajstić information content (AvgIpc) is 2.47. The van der Waals surface area contributed by atoms with Gasteiger partial charge in [0.25, 0.3) is 5.91 Å². The van der Waals surface area contributed by atoms with E-state index in [-0.39, 0.29) is 22.7 Å². The van der Waals surface area contributed by atoms with Crippen molar-refractivity contribution < 1.29 is 19.1 Å². The lowest BCUT2D eigenvalue weighted by Gasteiger charge is -2.32. The fourth-order valence-electron chi connectivity index (χ4n) is 2.62. The van der Waals surface area contributed by atoms with E-state index in [9.17, 15) is 14.0 Å². The van der Waals surface area contributed by atoms with E-state index in [0.29, 0.717) is 25.1 Å². The molecule has 1 atom stereocenters. The van der Waals surface area contributed by atoms with Crippen molar-refractivity contribution in [2.24, 2.45) is 5.92 Å². The molecule has 1 N–H and O–H groups in total. The van der Waals surface area contributed by atoms with Gasteiger partial charge in [-0.25, -0.2) is 4.39 Å². The van der Waals surface area contributed by atoms with E-state index in [0.717, 1.165) is 12.8 Å². The zero-order valence-electron chi connectivity index (χ0n) is 11.5. The molecule has 1 heterocycles. The Labute approximate surface area is 131 Å². The van der Waals surface area contributed by atoms with E-state index in [2.05, 4.69) is 15.9 Å². The number of benzene rings is 1. The quantitative estimate of drug-likeness (QED) is 0.899. The Morgan fingerprint density at radius 1 is 1.43 bits per heavy atom. The predicted octanol–water partition coefficient (Wildman–Crippen LogP) is 3.31. The standard InChI is InChI=1S/C15H17BrFNO3/c16-12-8-11(4-5-13(12)17)15(21)18-7-1-2-10(9-18)3-6-14(19)20/h4-5,8,10H,1-3,6-7,9H2,(H,19,20). The summed E-state index contributed by atoms with van der Waals surface area (Å²) < 4.78 is 13.5. The van der Waals surface area contributed by atoms with Crippen LogP contribution < -0.4 is 0 Å². The van der Waals surface area contributed by atoms with Crippen LogP contribution >= 0.6 is 15.9 Å². The van der Waals surface area contributed by atoms with Crippen LogP contribution in [0.2, 0.25) is 0 Å². The smallest absolute Gasteiger partial charge is 0.303 e. The highest BCUT2D eigenvalue weighted by Gasteiger charge is 2.25. The normalized spacial score (nSPS) is 18.6. The van der Waals surface area contributed by atoms with E-state index in [1.807, 2.05) is 0 Å². The first-order valence-electron chi connectivity index (χ1n) is 6.93. The van der Waals surface area contributed by atoms with Crippen molar-refractivity contribution in [3.8, 4) is 0 Å². The Balaban J connectivity index is 2.01. The van der Waals surface area contributed by atoms with Gasteiger partial charge in [0.2, 0.25) is 0 Å². The molecule has 0 radical (unpaired) electrons. The molecule has 0 spiro atoms. The molecule has 1 aliphatic rings. The molecule has 114 valence electrons. The van der Waals surface area contributed by atoms with Crippen molar-refractivity contribution in [2.45, 2.75) is 25.7 Å². The number of carboxylic acid groups (broad SMARTS) is 1. The number of aliphatic carboxylic acids is 1. The van der Waals surface area contributed by atoms with Crippen LogP contribution in [0.4, 0.5) is 4.39 Å². The van der Waals surface area contributed by atoms with Crippen LogP contribution in [0.5, 0.6) is 0 Å². The Morgan fingerprint density at radius 3 is 2.86 bits per heavy atom. The maximum atomic E-state index is 13.2. The summed E-state index contributed by atoms with van der Waals surface area (Å²) in [5, 5.41) is 8.73. The van der Waals surface area contributed by atoms with Crippen molar-refractivity contribution in [2.75, 3.05) is 13.1 Å². The van der Waals surface area contributed by atoms with E-state index in [1.165, 1.54) is 18.2 Å². The second kappa shape index (κ2) is 7.02. The molecule has 0 bridgehead atoms. The van der Waals surface area contributed by atoms with Gasteiger partial charge in [-0.05, 0) is 59.3 Å². The number of hydrogen-bond donors (Lipinski definition) is 1. The van der Waals surface area contributed by atoms with Crippen LogP contribution in [-0.4, -0.2) is 35.0 Å². The van der Waals surface area contributed by atoms with Crippen LogP contribution in [0, 0.1) is 11.7 Å². The number of carbonyl (C=O) groups excluding carboxylic acids is 1. The van der Waals surface area contributed by atoms with Crippen molar-refractivity contribution in [1.29, 1.82) is 0 Å². The number of carboxylic acids is 1. The number of nitrogens with zero attached hydrogens (tertiary/aromatic N) is 1. The Hall–Kier alpha value is -1.43. The summed E-state index contributed by atoms with van der Waals surface area (Å²) in [6.07, 6.45) is 2.55. The lowest BCUT2D eigenvalue weighted by molar-refractivity contribution is -0.137. The molecule has 0 aliphatic carbocycles. The van der Waals surface area contributed by atoms with Gasteiger partial charge in [-0.2, -0.15) is 0 Å². The molecule has 21 heavy (non-hydrogen) atoms. The molecule has 1 unspecified atom stereocenters. The van der Waals surface area contributed by atoms with Crippen molar-refractivity contribution in [1.82, 2.24) is 4.90 Å². The zero-order valence-corrected chi connectivity index (χ0v) is 13.1. The third-order valence-electron chi connectivity index (χ3n) is 3.74. The van der Waals surface area contributed by atoms with Crippen molar-refractivity contribution in [3.05, 3.63) is 34.1 Å². The van der Waals surface area contributed by atoms with Gasteiger partial charge >= 0.3 is 5.97 Å². The van der Waals surface area contributed by atoms with Gasteiger partial charge in [-0.1, -0.05) is 0 Å². The topological polar surface area (TPSA) is 57.6 Å². The molecule has 1 fully saturated rings. The minimum atomic E-state index is -0.805. The van der Waals surface area contributed by atoms with E-state index in [1.54, 1.807) is 4.90 Å². The summed E-state index contributed by atoms with van der Waals surface area (Å²) in [7, 11) is 0. The molecule has 6 heteroatoms. The highest BCUT2D eigenvalue weighted by molar-refractivity contribution is 9.10. The van der Waals surface area contributed by atoms with Gasteiger partial charge in [-0.15, -0.1) is 0 Å². The first-order valence-corrected chi connectivity index (χ1v) is 7.73. The summed E-state index contributed by atoms with van der Waals surface area (Å²) >= 11 is 3.08. The fourth-order valence-corrected chi connectivity index (χ4v) is 3.00. The fraction of sp³-hybridized carbons (Fsp3) is 0.467. The highest BCUT2D eigenvalue weighted by Crippen LogP contribution is 2.24. The summed E-state index contributed by atoms with van der Waals surface area (Å²) in [5.41, 5.74) is 0.446. The van der Waals surface area contributed by atoms with E-state index in [4.69, 9.17) is 5.11 Å². The Kier molecular flexibility index (Phi) is 5.33. The summed E-state index contributed by atoms with van der Waals surface area (Å²) in [6, 6.07) is 4.23. The molecule has 0 aromatic heterocycles. The molecule has 1 aliphatic heterocycles. The summed E-state index contributed by atoms with van der Waals surface area (Å²) in [4.78, 5) is 24.8. The lowest BCUT2D eigenvalue weighted by Crippen LogP contribution is -2.40. The van der Waals surface area contributed by atoms with Gasteiger partial charge in [0.15, 0.2) is 0 Å². The molecule has 1 saturated heterocycles. The van der Waals surface area contributed by atoms with Gasteiger partial charge in [0.1, 0.15) is 5.82 Å². The number of hydrogen-bond acceptors (Lipinski definition) is 2. The van der Waals surface area contributed by atoms with Crippen molar-refractivity contribution >= 4 is 27.8 Å². The second-order valence-corrected chi connectivity index (χ2v) is 6.18. The maximum absolute atomic E-state index is 13.2. The number of halogens is 2. The van der Waals surface area contributed by atoms with Crippen LogP contribution in [0.25, 0.3) is 0 Å². The van der Waals surface area contributed by atoms with Gasteiger partial charge < -0.3 is 10.0 Å². The summed E-state index contributed by atoms with van der Waals surface area (Å²) in [6.45, 7) is 1.23. The highest BCUT2D eigenvalue weighted by atomic mass is 79.9. The van der Waals surface area contributed by atoms with Crippen LogP contribution in [-0.2, 0) is 4.79 Å². The maximum Gasteiger partial charge on any atom is 0.303 e. The number of amides is 1.